The topological polar surface area (TPSA) is 90.8 Å². The lowest BCUT2D eigenvalue weighted by Gasteiger charge is -2.29. The van der Waals surface area contributed by atoms with Crippen LogP contribution in [0.15, 0.2) is 47.8 Å². The summed E-state index contributed by atoms with van der Waals surface area (Å²) < 4.78 is 18.8. The van der Waals surface area contributed by atoms with Crippen molar-refractivity contribution in [3.8, 4) is 0 Å². The molecular formula is C26H30ClFN8O. The van der Waals surface area contributed by atoms with Crippen molar-refractivity contribution in [2.45, 2.75) is 20.0 Å². The average Bonchev–Trinajstić information content (AvgIpc) is 3.36. The van der Waals surface area contributed by atoms with Crippen LogP contribution < -0.4 is 20.5 Å². The normalized spacial score (nSPS) is 18.0. The van der Waals surface area contributed by atoms with Gasteiger partial charge in [-0.2, -0.15) is 10.1 Å². The molecule has 1 unspecified atom stereocenters. The minimum absolute atomic E-state index is 0.289. The van der Waals surface area contributed by atoms with E-state index in [0.717, 1.165) is 35.2 Å². The van der Waals surface area contributed by atoms with Crippen LogP contribution in [0.4, 0.5) is 33.2 Å². The molecule has 2 aromatic heterocycles. The number of hydrazone groups is 1. The molecule has 0 radical (unpaired) electrons. The van der Waals surface area contributed by atoms with Gasteiger partial charge in [-0.3, -0.25) is 4.98 Å². The van der Waals surface area contributed by atoms with E-state index in [2.05, 4.69) is 48.7 Å². The largest absolute Gasteiger partial charge is 0.378 e. The average molecular weight is 525 g/mol. The maximum Gasteiger partial charge on any atom is 0.245 e. The highest BCUT2D eigenvalue weighted by Crippen LogP contribution is 2.33. The summed E-state index contributed by atoms with van der Waals surface area (Å²) in [5.41, 5.74) is 6.72. The first-order valence-electron chi connectivity index (χ1n) is 12.4. The van der Waals surface area contributed by atoms with Crippen LogP contribution in [0.2, 0.25) is 5.02 Å². The van der Waals surface area contributed by atoms with Crippen LogP contribution in [-0.2, 0) is 11.4 Å². The highest BCUT2D eigenvalue weighted by molar-refractivity contribution is 6.33. The molecule has 0 bridgehead atoms. The lowest BCUT2D eigenvalue weighted by Crippen LogP contribution is -2.37. The van der Waals surface area contributed by atoms with Crippen LogP contribution in [-0.4, -0.2) is 60.6 Å². The quantitative estimate of drug-likeness (QED) is 0.319. The molecule has 37 heavy (non-hydrogen) atoms. The van der Waals surface area contributed by atoms with Gasteiger partial charge in [0.15, 0.2) is 0 Å². The summed E-state index contributed by atoms with van der Waals surface area (Å²) in [6, 6.07) is 9.81. The monoisotopic (exact) mass is 524 g/mol. The maximum atomic E-state index is 13.4. The molecule has 11 heteroatoms. The molecule has 1 aromatic carbocycles. The zero-order valence-electron chi connectivity index (χ0n) is 20.7. The van der Waals surface area contributed by atoms with E-state index in [1.54, 1.807) is 12.4 Å². The van der Waals surface area contributed by atoms with Crippen LogP contribution in [0.3, 0.4) is 0 Å². The van der Waals surface area contributed by atoms with Crippen LogP contribution >= 0.6 is 11.6 Å². The molecule has 4 heterocycles. The van der Waals surface area contributed by atoms with Gasteiger partial charge in [0.05, 0.1) is 47.7 Å². The summed E-state index contributed by atoms with van der Waals surface area (Å²) in [6.45, 7) is 6.21. The number of pyridine rings is 1. The molecule has 2 fully saturated rings. The van der Waals surface area contributed by atoms with Crippen LogP contribution in [0, 0.1) is 5.92 Å². The molecule has 5 rings (SSSR count). The van der Waals surface area contributed by atoms with E-state index < -0.39 is 6.67 Å². The van der Waals surface area contributed by atoms with Gasteiger partial charge in [0.2, 0.25) is 5.95 Å². The van der Waals surface area contributed by atoms with Gasteiger partial charge < -0.3 is 19.9 Å². The van der Waals surface area contributed by atoms with Gasteiger partial charge in [-0.1, -0.05) is 18.5 Å². The van der Waals surface area contributed by atoms with E-state index >= 15 is 0 Å². The standard InChI is InChI=1S/C26H30ClFN8O/c1-18-6-7-36(17-18)24-5-4-20(12-23(24)27)32-22-3-2-21(29-15-22)16-31-34-26-30-14-19(13-28)25(33-26)35-8-10-37-11-9-35/h2-5,12,14-16,18,32H,6-11,13,17H2,1H3,(H,30,33,34)/b31-16+. The minimum atomic E-state index is -0.630. The Bertz CT molecular complexity index is 1240. The fraction of sp³-hybridized carbons (Fsp3) is 0.385. The SMILES string of the molecule is CC1CCN(c2ccc(Nc3ccc(/C=N/Nc4ncc(CF)c(N5CCOCC5)n4)nc3)cc2Cl)C1. The number of aromatic nitrogens is 3. The number of benzene rings is 1. The third-order valence-electron chi connectivity index (χ3n) is 6.44. The molecule has 3 aromatic rings. The summed E-state index contributed by atoms with van der Waals surface area (Å²) >= 11 is 6.57. The van der Waals surface area contributed by atoms with Crippen molar-refractivity contribution in [1.82, 2.24) is 15.0 Å². The second-order valence-electron chi connectivity index (χ2n) is 9.25. The molecule has 0 amide bonds. The van der Waals surface area contributed by atoms with Crippen molar-refractivity contribution in [1.29, 1.82) is 0 Å². The van der Waals surface area contributed by atoms with E-state index in [1.807, 2.05) is 29.2 Å². The summed E-state index contributed by atoms with van der Waals surface area (Å²) in [4.78, 5) is 17.4. The first-order valence-corrected chi connectivity index (χ1v) is 12.8. The predicted octanol–water partition coefficient (Wildman–Crippen LogP) is 4.87. The Labute approximate surface area is 220 Å². The van der Waals surface area contributed by atoms with Gasteiger partial charge in [-0.15, -0.1) is 0 Å². The highest BCUT2D eigenvalue weighted by Gasteiger charge is 2.21. The van der Waals surface area contributed by atoms with Gasteiger partial charge in [0.25, 0.3) is 0 Å². The molecule has 0 saturated carbocycles. The van der Waals surface area contributed by atoms with E-state index in [4.69, 9.17) is 16.3 Å². The Balaban J connectivity index is 1.18. The molecule has 2 saturated heterocycles. The van der Waals surface area contributed by atoms with Crippen molar-refractivity contribution >= 4 is 46.6 Å². The van der Waals surface area contributed by atoms with Gasteiger partial charge in [0, 0.05) is 43.6 Å². The van der Waals surface area contributed by atoms with E-state index in [0.29, 0.717) is 49.3 Å². The highest BCUT2D eigenvalue weighted by atomic mass is 35.5. The van der Waals surface area contributed by atoms with Crippen molar-refractivity contribution in [3.05, 3.63) is 59.0 Å². The third kappa shape index (κ3) is 6.26. The van der Waals surface area contributed by atoms with Crippen LogP contribution in [0.5, 0.6) is 0 Å². The molecular weight excluding hydrogens is 495 g/mol. The van der Waals surface area contributed by atoms with E-state index in [9.17, 15) is 4.39 Å². The molecule has 9 nitrogen and oxygen atoms in total. The first-order chi connectivity index (χ1) is 18.1. The van der Waals surface area contributed by atoms with Gasteiger partial charge in [0.1, 0.15) is 12.5 Å². The van der Waals surface area contributed by atoms with Crippen LogP contribution in [0.25, 0.3) is 0 Å². The molecule has 0 spiro atoms. The Morgan fingerprint density at radius 3 is 2.65 bits per heavy atom. The lowest BCUT2D eigenvalue weighted by molar-refractivity contribution is 0.122. The second kappa shape index (κ2) is 11.7. The number of anilines is 5. The minimum Gasteiger partial charge on any atom is -0.378 e. The number of ether oxygens (including phenoxy) is 1. The molecule has 2 aliphatic rings. The first kappa shape index (κ1) is 25.2. The number of nitrogens with zero attached hydrogens (tertiary/aromatic N) is 6. The Morgan fingerprint density at radius 2 is 1.95 bits per heavy atom. The number of nitrogens with one attached hydrogen (secondary N) is 2. The van der Waals surface area contributed by atoms with Gasteiger partial charge in [-0.05, 0) is 42.7 Å². The lowest BCUT2D eigenvalue weighted by atomic mass is 10.2. The van der Waals surface area contributed by atoms with Gasteiger partial charge >= 0.3 is 0 Å². The van der Waals surface area contributed by atoms with Crippen molar-refractivity contribution in [3.63, 3.8) is 0 Å². The molecule has 2 N–H and O–H groups in total. The fourth-order valence-electron chi connectivity index (χ4n) is 4.47. The molecule has 1 atom stereocenters. The smallest absolute Gasteiger partial charge is 0.245 e. The number of alkyl halides is 1. The summed E-state index contributed by atoms with van der Waals surface area (Å²) in [5, 5.41) is 8.26. The maximum absolute atomic E-state index is 13.4. The van der Waals surface area contributed by atoms with Gasteiger partial charge in [-0.25, -0.2) is 14.8 Å². The Hall–Kier alpha value is -3.50. The number of halogens is 2. The zero-order valence-corrected chi connectivity index (χ0v) is 21.5. The number of morpholine rings is 1. The summed E-state index contributed by atoms with van der Waals surface area (Å²) in [5.74, 6) is 1.55. The third-order valence-corrected chi connectivity index (χ3v) is 6.75. The van der Waals surface area contributed by atoms with Crippen molar-refractivity contribution in [2.24, 2.45) is 11.0 Å². The number of hydrogen-bond acceptors (Lipinski definition) is 9. The fourth-order valence-corrected chi connectivity index (χ4v) is 4.77. The summed E-state index contributed by atoms with van der Waals surface area (Å²) in [6.07, 6.45) is 5.99. The summed E-state index contributed by atoms with van der Waals surface area (Å²) in [7, 11) is 0. The Kier molecular flexibility index (Phi) is 7.96. The zero-order chi connectivity index (χ0) is 25.6. The number of rotatable bonds is 8. The second-order valence-corrected chi connectivity index (χ2v) is 9.66. The molecule has 2 aliphatic heterocycles. The van der Waals surface area contributed by atoms with Crippen molar-refractivity contribution in [2.75, 3.05) is 59.9 Å². The number of hydrogen-bond donors (Lipinski definition) is 2. The Morgan fingerprint density at radius 1 is 1.11 bits per heavy atom. The predicted molar refractivity (Wildman–Crippen MR) is 146 cm³/mol. The van der Waals surface area contributed by atoms with E-state index in [-0.39, 0.29) is 5.95 Å². The van der Waals surface area contributed by atoms with Crippen molar-refractivity contribution < 1.29 is 9.13 Å². The molecule has 194 valence electrons. The van der Waals surface area contributed by atoms with Crippen LogP contribution in [0.1, 0.15) is 24.6 Å². The molecule has 0 aliphatic carbocycles. The van der Waals surface area contributed by atoms with E-state index in [1.165, 1.54) is 12.6 Å².